The number of sulfonamides is 1. The van der Waals surface area contributed by atoms with Crippen molar-refractivity contribution in [1.82, 2.24) is 4.98 Å². The van der Waals surface area contributed by atoms with E-state index in [1.165, 1.54) is 12.3 Å². The Kier molecular flexibility index (Phi) is 12.3. The van der Waals surface area contributed by atoms with Crippen LogP contribution in [0.3, 0.4) is 0 Å². The zero-order valence-corrected chi connectivity index (χ0v) is 24.2. The fourth-order valence-corrected chi connectivity index (χ4v) is 4.86. The molecule has 0 amide bonds. The number of nitrogens with zero attached hydrogens (tertiary/aromatic N) is 2. The van der Waals surface area contributed by atoms with Crippen molar-refractivity contribution < 1.29 is 41.4 Å². The van der Waals surface area contributed by atoms with Crippen LogP contribution >= 0.6 is 0 Å². The number of aromatic nitrogens is 1. The normalized spacial score (nSPS) is 11.4. The number of carboxylic acid groups (broad SMARTS) is 2. The molecule has 0 fully saturated rings. The van der Waals surface area contributed by atoms with Gasteiger partial charge in [-0.3, -0.25) is 4.72 Å². The summed E-state index contributed by atoms with van der Waals surface area (Å²) < 4.78 is 60.1. The molecule has 0 bridgehead atoms. The Bertz CT molecular complexity index is 1430. The molecule has 0 atom stereocenters. The fraction of sp³-hybridized carbons (Fsp3) is 0.345. The summed E-state index contributed by atoms with van der Waals surface area (Å²) in [6, 6.07) is 17.8. The van der Waals surface area contributed by atoms with Crippen LogP contribution in [0.4, 0.5) is 24.7 Å². The number of unbranched alkanes of at least 4 members (excludes halogenated alkanes) is 1. The molecule has 3 aromatic rings. The summed E-state index contributed by atoms with van der Waals surface area (Å²) >= 11 is 0. The Morgan fingerprint density at radius 1 is 1.00 bits per heavy atom. The maximum absolute atomic E-state index is 12.9. The van der Waals surface area contributed by atoms with Gasteiger partial charge in [-0.25, -0.2) is 23.0 Å². The van der Waals surface area contributed by atoms with Gasteiger partial charge in [-0.2, -0.15) is 13.2 Å². The average molecular weight is 610 g/mol. The molecule has 3 N–H and O–H groups in total. The molecular weight excluding hydrogens is 575 g/mol. The van der Waals surface area contributed by atoms with Crippen molar-refractivity contribution in [1.29, 1.82) is 0 Å². The van der Waals surface area contributed by atoms with Gasteiger partial charge in [0.1, 0.15) is 11.4 Å². The smallest absolute Gasteiger partial charge is 0.478 e. The molecule has 0 unspecified atom stereocenters. The van der Waals surface area contributed by atoms with Gasteiger partial charge in [0.2, 0.25) is 0 Å². The maximum atomic E-state index is 12.9. The fourth-order valence-electron chi connectivity index (χ4n) is 3.83. The molecule has 1 heterocycles. The van der Waals surface area contributed by atoms with E-state index in [0.717, 1.165) is 30.4 Å². The lowest BCUT2D eigenvalue weighted by atomic mass is 10.0. The standard InChI is InChI=1S/C27H33N3O4S.C2HF3O2/c1-4-5-15-30(19-22-9-7-6-8-10-22)26-25(27(31)32)17-23(18-28-26)29-35(33,34)24-13-11-21(12-14-24)16-20(2)3;3-2(4,5)1(6)7/h6-14,17-18,20,29H,4-5,15-16,19H2,1-3H3,(H,31,32);(H,6,7). The van der Waals surface area contributed by atoms with Crippen LogP contribution in [-0.2, 0) is 27.8 Å². The molecule has 2 aromatic carbocycles. The first-order valence-electron chi connectivity index (χ1n) is 13.1. The number of halogens is 3. The molecule has 9 nitrogen and oxygen atoms in total. The molecule has 228 valence electrons. The highest BCUT2D eigenvalue weighted by Crippen LogP contribution is 2.26. The van der Waals surface area contributed by atoms with E-state index in [4.69, 9.17) is 9.90 Å². The summed E-state index contributed by atoms with van der Waals surface area (Å²) in [6.07, 6.45) is -1.04. The molecule has 0 spiro atoms. The molecule has 0 aliphatic rings. The number of aromatic carboxylic acids is 1. The summed E-state index contributed by atoms with van der Waals surface area (Å²) in [5, 5.41) is 17.0. The highest BCUT2D eigenvalue weighted by Gasteiger charge is 2.38. The van der Waals surface area contributed by atoms with Crippen LogP contribution in [0.5, 0.6) is 0 Å². The van der Waals surface area contributed by atoms with E-state index in [-0.39, 0.29) is 16.1 Å². The van der Waals surface area contributed by atoms with E-state index in [2.05, 4.69) is 30.5 Å². The number of nitrogens with one attached hydrogen (secondary N) is 1. The zero-order chi connectivity index (χ0) is 31.5. The third kappa shape index (κ3) is 10.7. The van der Waals surface area contributed by atoms with Crippen molar-refractivity contribution in [2.24, 2.45) is 5.92 Å². The Balaban J connectivity index is 0.000000782. The minimum atomic E-state index is -5.08. The molecule has 0 radical (unpaired) electrons. The topological polar surface area (TPSA) is 137 Å². The lowest BCUT2D eigenvalue weighted by Gasteiger charge is -2.25. The number of carboxylic acids is 2. The van der Waals surface area contributed by atoms with Crippen LogP contribution in [0, 0.1) is 5.92 Å². The van der Waals surface area contributed by atoms with Crippen LogP contribution in [0.2, 0.25) is 0 Å². The van der Waals surface area contributed by atoms with Crippen LogP contribution in [-0.4, -0.2) is 48.3 Å². The van der Waals surface area contributed by atoms with Crippen molar-refractivity contribution in [3.63, 3.8) is 0 Å². The van der Waals surface area contributed by atoms with Crippen molar-refractivity contribution >= 4 is 33.5 Å². The Morgan fingerprint density at radius 2 is 1.60 bits per heavy atom. The monoisotopic (exact) mass is 609 g/mol. The second-order valence-corrected chi connectivity index (χ2v) is 11.5. The van der Waals surface area contributed by atoms with Crippen molar-refractivity contribution in [2.75, 3.05) is 16.2 Å². The Labute approximate surface area is 243 Å². The molecule has 42 heavy (non-hydrogen) atoms. The third-order valence-corrected chi connectivity index (χ3v) is 7.16. The quantitative estimate of drug-likeness (QED) is 0.220. The minimum Gasteiger partial charge on any atom is -0.478 e. The van der Waals surface area contributed by atoms with Gasteiger partial charge >= 0.3 is 18.1 Å². The molecule has 13 heteroatoms. The number of carbonyl (C=O) groups is 2. The molecule has 3 rings (SSSR count). The van der Waals surface area contributed by atoms with Gasteiger partial charge in [0.05, 0.1) is 16.8 Å². The van der Waals surface area contributed by atoms with E-state index in [1.807, 2.05) is 35.2 Å². The molecule has 0 aliphatic carbocycles. The third-order valence-electron chi connectivity index (χ3n) is 5.77. The number of pyridine rings is 1. The lowest BCUT2D eigenvalue weighted by Crippen LogP contribution is -2.27. The Hall–Kier alpha value is -4.13. The van der Waals surface area contributed by atoms with Gasteiger partial charge in [0.15, 0.2) is 0 Å². The van der Waals surface area contributed by atoms with Crippen LogP contribution < -0.4 is 9.62 Å². The van der Waals surface area contributed by atoms with Gasteiger partial charge in [-0.15, -0.1) is 0 Å². The van der Waals surface area contributed by atoms with Crippen LogP contribution in [0.25, 0.3) is 0 Å². The predicted octanol–water partition coefficient (Wildman–Crippen LogP) is 6.22. The maximum Gasteiger partial charge on any atom is 0.490 e. The summed E-state index contributed by atoms with van der Waals surface area (Å²) in [7, 11) is -3.89. The second-order valence-electron chi connectivity index (χ2n) is 9.81. The number of alkyl halides is 3. The zero-order valence-electron chi connectivity index (χ0n) is 23.4. The van der Waals surface area contributed by atoms with Crippen LogP contribution in [0.15, 0.2) is 71.8 Å². The van der Waals surface area contributed by atoms with Gasteiger partial charge < -0.3 is 15.1 Å². The average Bonchev–Trinajstić information content (AvgIpc) is 2.91. The number of anilines is 2. The molecule has 0 aliphatic heterocycles. The number of hydrogen-bond donors (Lipinski definition) is 3. The highest BCUT2D eigenvalue weighted by atomic mass is 32.2. The van der Waals surface area contributed by atoms with E-state index in [1.54, 1.807) is 24.3 Å². The van der Waals surface area contributed by atoms with E-state index in [0.29, 0.717) is 24.8 Å². The van der Waals surface area contributed by atoms with E-state index >= 15 is 0 Å². The first-order chi connectivity index (χ1) is 19.6. The molecule has 1 aromatic heterocycles. The summed E-state index contributed by atoms with van der Waals surface area (Å²) in [4.78, 5) is 27.4. The summed E-state index contributed by atoms with van der Waals surface area (Å²) in [6.45, 7) is 7.41. The molecular formula is C29H34F3N3O6S. The van der Waals surface area contributed by atoms with Gasteiger partial charge in [-0.05, 0) is 48.1 Å². The van der Waals surface area contributed by atoms with Crippen molar-refractivity contribution in [2.45, 2.75) is 57.7 Å². The first kappa shape index (κ1) is 34.1. The number of aliphatic carboxylic acids is 1. The second kappa shape index (κ2) is 15.2. The van der Waals surface area contributed by atoms with Gasteiger partial charge in [0, 0.05) is 13.1 Å². The first-order valence-corrected chi connectivity index (χ1v) is 14.6. The van der Waals surface area contributed by atoms with Crippen molar-refractivity contribution in [3.8, 4) is 0 Å². The van der Waals surface area contributed by atoms with Gasteiger partial charge in [0.25, 0.3) is 10.0 Å². The molecule has 0 saturated carbocycles. The van der Waals surface area contributed by atoms with Crippen molar-refractivity contribution in [3.05, 3.63) is 83.6 Å². The van der Waals surface area contributed by atoms with E-state index in [9.17, 15) is 31.5 Å². The van der Waals surface area contributed by atoms with E-state index < -0.39 is 28.1 Å². The highest BCUT2D eigenvalue weighted by molar-refractivity contribution is 7.92. The summed E-state index contributed by atoms with van der Waals surface area (Å²) in [5.74, 6) is -3.14. The molecule has 0 saturated heterocycles. The number of hydrogen-bond acceptors (Lipinski definition) is 6. The minimum absolute atomic E-state index is 0.0514. The lowest BCUT2D eigenvalue weighted by molar-refractivity contribution is -0.192. The van der Waals surface area contributed by atoms with Gasteiger partial charge in [-0.1, -0.05) is 69.7 Å². The summed E-state index contributed by atoms with van der Waals surface area (Å²) in [5.41, 5.74) is 2.15. The SMILES string of the molecule is CCCCN(Cc1ccccc1)c1ncc(NS(=O)(=O)c2ccc(CC(C)C)cc2)cc1C(=O)O.O=C(O)C(F)(F)F. The van der Waals surface area contributed by atoms with Crippen LogP contribution in [0.1, 0.15) is 55.1 Å². The largest absolute Gasteiger partial charge is 0.490 e. The number of rotatable bonds is 12. The Morgan fingerprint density at radius 3 is 2.10 bits per heavy atom. The predicted molar refractivity (Wildman–Crippen MR) is 153 cm³/mol. The number of benzene rings is 2.